The number of carbonyl (C=O) groups is 1. The molecule has 0 spiro atoms. The average molecular weight is 313 g/mol. The van der Waals surface area contributed by atoms with Crippen LogP contribution in [0.2, 0.25) is 0 Å². The molecule has 0 fully saturated rings. The van der Waals surface area contributed by atoms with Crippen molar-refractivity contribution in [3.8, 4) is 11.5 Å². The number of benzene rings is 1. The van der Waals surface area contributed by atoms with E-state index >= 15 is 0 Å². The van der Waals surface area contributed by atoms with Crippen LogP contribution >= 0.6 is 27.7 Å². The average Bonchev–Trinajstić information content (AvgIpc) is 2.76. The van der Waals surface area contributed by atoms with Crippen LogP contribution < -0.4 is 0 Å². The van der Waals surface area contributed by atoms with Gasteiger partial charge < -0.3 is 4.42 Å². The highest BCUT2D eigenvalue weighted by Crippen LogP contribution is 2.24. The van der Waals surface area contributed by atoms with Gasteiger partial charge in [0.15, 0.2) is 0 Å². The van der Waals surface area contributed by atoms with E-state index in [0.29, 0.717) is 16.9 Å². The van der Waals surface area contributed by atoms with Gasteiger partial charge in [-0.15, -0.1) is 10.2 Å². The van der Waals surface area contributed by atoms with Gasteiger partial charge in [-0.1, -0.05) is 27.7 Å². The van der Waals surface area contributed by atoms with Crippen LogP contribution in [0.3, 0.4) is 0 Å². The van der Waals surface area contributed by atoms with Crippen LogP contribution in [-0.4, -0.2) is 21.7 Å². The molecule has 17 heavy (non-hydrogen) atoms. The van der Waals surface area contributed by atoms with Crippen molar-refractivity contribution in [3.05, 3.63) is 28.7 Å². The molecule has 0 radical (unpaired) electrons. The van der Waals surface area contributed by atoms with Crippen molar-refractivity contribution in [1.29, 1.82) is 0 Å². The van der Waals surface area contributed by atoms with Gasteiger partial charge in [0.2, 0.25) is 5.89 Å². The molecule has 4 nitrogen and oxygen atoms in total. The van der Waals surface area contributed by atoms with E-state index in [1.807, 2.05) is 24.3 Å². The summed E-state index contributed by atoms with van der Waals surface area (Å²) in [5.41, 5.74) is 0.857. The molecule has 2 aromatic rings. The lowest BCUT2D eigenvalue weighted by molar-refractivity contribution is -0.114. The summed E-state index contributed by atoms with van der Waals surface area (Å²) in [6, 6.07) is 7.58. The zero-order valence-electron chi connectivity index (χ0n) is 9.01. The molecule has 0 aliphatic heterocycles. The maximum absolute atomic E-state index is 10.8. The number of carbonyl (C=O) groups excluding carboxylic acids is 1. The van der Waals surface area contributed by atoms with Crippen LogP contribution in [0.5, 0.6) is 0 Å². The fraction of sp³-hybridized carbons (Fsp3) is 0.182. The molecule has 6 heteroatoms. The molecule has 0 saturated heterocycles. The van der Waals surface area contributed by atoms with Crippen LogP contribution in [0.4, 0.5) is 0 Å². The van der Waals surface area contributed by atoms with Gasteiger partial charge in [-0.3, -0.25) is 4.79 Å². The summed E-state index contributed by atoms with van der Waals surface area (Å²) in [7, 11) is 0. The summed E-state index contributed by atoms with van der Waals surface area (Å²) in [6.07, 6.45) is 0. The third kappa shape index (κ3) is 3.41. The summed E-state index contributed by atoms with van der Waals surface area (Å²) >= 11 is 4.60. The third-order valence-corrected chi connectivity index (χ3v) is 3.39. The smallest absolute Gasteiger partial charge is 0.277 e. The number of aromatic nitrogens is 2. The Morgan fingerprint density at radius 3 is 2.71 bits per heavy atom. The molecule has 1 aromatic heterocycles. The van der Waals surface area contributed by atoms with Crippen molar-refractivity contribution in [3.63, 3.8) is 0 Å². The topological polar surface area (TPSA) is 56.0 Å². The molecular weight excluding hydrogens is 304 g/mol. The van der Waals surface area contributed by atoms with Gasteiger partial charge in [-0.05, 0) is 31.2 Å². The highest BCUT2D eigenvalue weighted by molar-refractivity contribution is 9.10. The first-order chi connectivity index (χ1) is 8.15. The summed E-state index contributed by atoms with van der Waals surface area (Å²) in [5, 5.41) is 8.21. The molecule has 0 unspecified atom stereocenters. The second kappa shape index (κ2) is 5.46. The van der Waals surface area contributed by atoms with Crippen LogP contribution in [0.25, 0.3) is 11.5 Å². The largest absolute Gasteiger partial charge is 0.411 e. The second-order valence-corrected chi connectivity index (χ2v) is 5.21. The van der Waals surface area contributed by atoms with Crippen LogP contribution in [-0.2, 0) is 4.79 Å². The lowest BCUT2D eigenvalue weighted by atomic mass is 10.2. The number of halogens is 1. The fourth-order valence-corrected chi connectivity index (χ4v) is 1.97. The molecule has 2 rings (SSSR count). The molecule has 1 heterocycles. The summed E-state index contributed by atoms with van der Waals surface area (Å²) in [5.74, 6) is 0.893. The standard InChI is InChI=1S/C11H9BrN2O2S/c1-7(15)6-17-11-14-13-10(16-11)8-2-4-9(12)5-3-8/h2-5H,6H2,1H3. The van der Waals surface area contributed by atoms with E-state index in [0.717, 1.165) is 10.0 Å². The third-order valence-electron chi connectivity index (χ3n) is 1.90. The molecule has 1 aromatic carbocycles. The van der Waals surface area contributed by atoms with Crippen LogP contribution in [0.15, 0.2) is 38.4 Å². The van der Waals surface area contributed by atoms with Crippen molar-refractivity contribution in [1.82, 2.24) is 10.2 Å². The molecule has 0 amide bonds. The van der Waals surface area contributed by atoms with Crippen LogP contribution in [0.1, 0.15) is 6.92 Å². The lowest BCUT2D eigenvalue weighted by Crippen LogP contribution is -1.92. The van der Waals surface area contributed by atoms with E-state index in [4.69, 9.17) is 4.42 Å². The predicted molar refractivity (Wildman–Crippen MR) is 68.8 cm³/mol. The van der Waals surface area contributed by atoms with E-state index in [-0.39, 0.29) is 5.78 Å². The van der Waals surface area contributed by atoms with Gasteiger partial charge in [-0.25, -0.2) is 0 Å². The number of thioether (sulfide) groups is 1. The van der Waals surface area contributed by atoms with E-state index in [9.17, 15) is 4.79 Å². The summed E-state index contributed by atoms with van der Waals surface area (Å²) < 4.78 is 6.43. The summed E-state index contributed by atoms with van der Waals surface area (Å²) in [4.78, 5) is 10.8. The van der Waals surface area contributed by atoms with Crippen LogP contribution in [0, 0.1) is 0 Å². The molecule has 0 atom stereocenters. The van der Waals surface area contributed by atoms with E-state index in [1.54, 1.807) is 0 Å². The normalized spacial score (nSPS) is 10.5. The van der Waals surface area contributed by atoms with Gasteiger partial charge in [0.25, 0.3) is 5.22 Å². The number of hydrogen-bond acceptors (Lipinski definition) is 5. The van der Waals surface area contributed by atoms with Crippen molar-refractivity contribution in [2.24, 2.45) is 0 Å². The maximum Gasteiger partial charge on any atom is 0.277 e. The number of rotatable bonds is 4. The second-order valence-electron chi connectivity index (χ2n) is 3.37. The number of hydrogen-bond donors (Lipinski definition) is 0. The SMILES string of the molecule is CC(=O)CSc1nnc(-c2ccc(Br)cc2)o1. The first kappa shape index (κ1) is 12.3. The van der Waals surface area contributed by atoms with Gasteiger partial charge in [0.1, 0.15) is 5.78 Å². The molecule has 0 aliphatic carbocycles. The molecule has 0 aliphatic rings. The number of Topliss-reactive ketones (excluding diaryl/α,β-unsaturated/α-hetero) is 1. The Morgan fingerprint density at radius 1 is 1.35 bits per heavy atom. The Hall–Kier alpha value is -1.14. The van der Waals surface area contributed by atoms with Crippen molar-refractivity contribution >= 4 is 33.5 Å². The Kier molecular flexibility index (Phi) is 3.96. The Balaban J connectivity index is 2.12. The quantitative estimate of drug-likeness (QED) is 0.812. The van der Waals surface area contributed by atoms with Crippen molar-refractivity contribution < 1.29 is 9.21 Å². The van der Waals surface area contributed by atoms with Gasteiger partial charge in [0.05, 0.1) is 5.75 Å². The van der Waals surface area contributed by atoms with E-state index in [1.165, 1.54) is 18.7 Å². The fourth-order valence-electron chi connectivity index (χ4n) is 1.14. The van der Waals surface area contributed by atoms with Crippen molar-refractivity contribution in [2.45, 2.75) is 12.1 Å². The molecule has 0 bridgehead atoms. The highest BCUT2D eigenvalue weighted by atomic mass is 79.9. The summed E-state index contributed by atoms with van der Waals surface area (Å²) in [6.45, 7) is 1.53. The minimum Gasteiger partial charge on any atom is -0.411 e. The highest BCUT2D eigenvalue weighted by Gasteiger charge is 2.09. The molecular formula is C11H9BrN2O2S. The maximum atomic E-state index is 10.8. The number of ketones is 1. The first-order valence-electron chi connectivity index (χ1n) is 4.87. The zero-order valence-corrected chi connectivity index (χ0v) is 11.4. The Labute approximate surface area is 111 Å². The van der Waals surface area contributed by atoms with E-state index < -0.39 is 0 Å². The van der Waals surface area contributed by atoms with Gasteiger partial charge >= 0.3 is 0 Å². The number of nitrogens with zero attached hydrogens (tertiary/aromatic N) is 2. The monoisotopic (exact) mass is 312 g/mol. The van der Waals surface area contributed by atoms with Gasteiger partial charge in [-0.2, -0.15) is 0 Å². The Morgan fingerprint density at radius 2 is 2.06 bits per heavy atom. The molecule has 0 saturated carbocycles. The molecule has 88 valence electrons. The Bertz CT molecular complexity index is 525. The molecule has 0 N–H and O–H groups in total. The first-order valence-corrected chi connectivity index (χ1v) is 6.64. The predicted octanol–water partition coefficient (Wildman–Crippen LogP) is 3.18. The minimum atomic E-state index is 0.0818. The minimum absolute atomic E-state index is 0.0818. The van der Waals surface area contributed by atoms with Gasteiger partial charge in [0, 0.05) is 10.0 Å². The lowest BCUT2D eigenvalue weighted by Gasteiger charge is -1.94. The van der Waals surface area contributed by atoms with E-state index in [2.05, 4.69) is 26.1 Å². The zero-order chi connectivity index (χ0) is 12.3. The van der Waals surface area contributed by atoms with Crippen molar-refractivity contribution in [2.75, 3.05) is 5.75 Å².